The lowest BCUT2D eigenvalue weighted by Gasteiger charge is -2.10. The van der Waals surface area contributed by atoms with E-state index in [0.29, 0.717) is 6.04 Å². The summed E-state index contributed by atoms with van der Waals surface area (Å²) in [5, 5.41) is 3.45. The van der Waals surface area contributed by atoms with E-state index in [-0.39, 0.29) is 0 Å². The first-order valence-electron chi connectivity index (χ1n) is 4.87. The minimum atomic E-state index is 0.591. The van der Waals surface area contributed by atoms with Gasteiger partial charge in [0.1, 0.15) is 0 Å². The molecule has 0 saturated carbocycles. The predicted octanol–water partition coefficient (Wildman–Crippen LogP) is 2.28. The predicted molar refractivity (Wildman–Crippen MR) is 55.6 cm³/mol. The van der Waals surface area contributed by atoms with Gasteiger partial charge >= 0.3 is 0 Å². The molecule has 0 aromatic carbocycles. The Hall–Kier alpha value is -0.890. The largest absolute Gasteiger partial charge is 0.310 e. The van der Waals surface area contributed by atoms with E-state index < -0.39 is 0 Å². The van der Waals surface area contributed by atoms with Crippen molar-refractivity contribution in [1.29, 1.82) is 0 Å². The van der Waals surface area contributed by atoms with E-state index in [1.807, 2.05) is 13.1 Å². The zero-order valence-electron chi connectivity index (χ0n) is 8.67. The topological polar surface area (TPSA) is 24.9 Å². The fraction of sp³-hybridized carbons (Fsp3) is 0.545. The lowest BCUT2D eigenvalue weighted by atomic mass is 10.2. The minimum absolute atomic E-state index is 0.591. The van der Waals surface area contributed by atoms with Crippen LogP contribution in [0.15, 0.2) is 18.3 Å². The summed E-state index contributed by atoms with van der Waals surface area (Å²) in [7, 11) is 0. The number of aryl methyl sites for hydroxylation is 1. The van der Waals surface area contributed by atoms with E-state index >= 15 is 0 Å². The Balaban J connectivity index is 2.45. The van der Waals surface area contributed by atoms with Crippen LogP contribution in [-0.2, 0) is 6.54 Å². The quantitative estimate of drug-likeness (QED) is 0.765. The summed E-state index contributed by atoms with van der Waals surface area (Å²) in [6, 6.07) is 4.77. The first-order valence-corrected chi connectivity index (χ1v) is 4.87. The standard InChI is InChI=1S/C11H18N2/c1-4-9(2)13-8-11-5-6-12-10(3)7-11/h5-7,9,13H,4,8H2,1-3H3. The number of hydrogen-bond acceptors (Lipinski definition) is 2. The van der Waals surface area contributed by atoms with Crippen LogP contribution in [-0.4, -0.2) is 11.0 Å². The highest BCUT2D eigenvalue weighted by atomic mass is 14.9. The summed E-state index contributed by atoms with van der Waals surface area (Å²) in [6.07, 6.45) is 3.03. The molecule has 2 nitrogen and oxygen atoms in total. The first kappa shape index (κ1) is 10.2. The average molecular weight is 178 g/mol. The zero-order valence-corrected chi connectivity index (χ0v) is 8.67. The Morgan fingerprint density at radius 3 is 2.92 bits per heavy atom. The van der Waals surface area contributed by atoms with Gasteiger partial charge < -0.3 is 5.32 Å². The normalized spacial score (nSPS) is 12.8. The first-order chi connectivity index (χ1) is 6.22. The molecule has 2 heteroatoms. The molecule has 0 bridgehead atoms. The fourth-order valence-corrected chi connectivity index (χ4v) is 1.15. The van der Waals surface area contributed by atoms with Crippen molar-refractivity contribution < 1.29 is 0 Å². The molecule has 1 heterocycles. The number of aromatic nitrogens is 1. The molecule has 0 aliphatic heterocycles. The Labute approximate surface area is 80.4 Å². The van der Waals surface area contributed by atoms with Crippen LogP contribution in [0.25, 0.3) is 0 Å². The number of nitrogens with zero attached hydrogens (tertiary/aromatic N) is 1. The SMILES string of the molecule is CCC(C)NCc1ccnc(C)c1. The van der Waals surface area contributed by atoms with E-state index in [1.54, 1.807) is 0 Å². The van der Waals surface area contributed by atoms with E-state index in [0.717, 1.165) is 12.2 Å². The lowest BCUT2D eigenvalue weighted by Crippen LogP contribution is -2.24. The molecule has 13 heavy (non-hydrogen) atoms. The van der Waals surface area contributed by atoms with E-state index in [2.05, 4.69) is 36.3 Å². The van der Waals surface area contributed by atoms with Crippen molar-refractivity contribution in [1.82, 2.24) is 10.3 Å². The molecule has 0 spiro atoms. The van der Waals surface area contributed by atoms with E-state index in [9.17, 15) is 0 Å². The van der Waals surface area contributed by atoms with Crippen molar-refractivity contribution in [2.75, 3.05) is 0 Å². The van der Waals surface area contributed by atoms with E-state index in [4.69, 9.17) is 0 Å². The second-order valence-corrected chi connectivity index (χ2v) is 3.50. The maximum atomic E-state index is 4.16. The lowest BCUT2D eigenvalue weighted by molar-refractivity contribution is 0.534. The monoisotopic (exact) mass is 178 g/mol. The van der Waals surface area contributed by atoms with Crippen LogP contribution in [0, 0.1) is 6.92 Å². The Morgan fingerprint density at radius 2 is 2.31 bits per heavy atom. The number of hydrogen-bond donors (Lipinski definition) is 1. The average Bonchev–Trinajstić information content (AvgIpc) is 2.14. The van der Waals surface area contributed by atoms with Gasteiger partial charge in [-0.15, -0.1) is 0 Å². The van der Waals surface area contributed by atoms with Crippen LogP contribution in [0.4, 0.5) is 0 Å². The maximum Gasteiger partial charge on any atom is 0.0375 e. The second kappa shape index (κ2) is 4.97. The molecule has 1 aromatic heterocycles. The highest BCUT2D eigenvalue weighted by molar-refractivity contribution is 5.14. The van der Waals surface area contributed by atoms with Crippen LogP contribution < -0.4 is 5.32 Å². The summed E-state index contributed by atoms with van der Waals surface area (Å²) in [4.78, 5) is 4.16. The maximum absolute atomic E-state index is 4.16. The third kappa shape index (κ3) is 3.55. The third-order valence-electron chi connectivity index (χ3n) is 2.23. The van der Waals surface area contributed by atoms with Crippen molar-refractivity contribution in [3.63, 3.8) is 0 Å². The van der Waals surface area contributed by atoms with Gasteiger partial charge in [-0.25, -0.2) is 0 Å². The summed E-state index contributed by atoms with van der Waals surface area (Å²) >= 11 is 0. The molecule has 72 valence electrons. The van der Waals surface area contributed by atoms with Gasteiger partial charge in [0.25, 0.3) is 0 Å². The van der Waals surface area contributed by atoms with Crippen molar-refractivity contribution in [3.05, 3.63) is 29.6 Å². The van der Waals surface area contributed by atoms with Crippen LogP contribution >= 0.6 is 0 Å². The van der Waals surface area contributed by atoms with Gasteiger partial charge in [-0.05, 0) is 38.0 Å². The fourth-order valence-electron chi connectivity index (χ4n) is 1.15. The number of rotatable bonds is 4. The van der Waals surface area contributed by atoms with Crippen molar-refractivity contribution in [2.45, 2.75) is 39.8 Å². The highest BCUT2D eigenvalue weighted by Gasteiger charge is 1.97. The van der Waals surface area contributed by atoms with Crippen LogP contribution in [0.3, 0.4) is 0 Å². The van der Waals surface area contributed by atoms with Gasteiger partial charge in [-0.1, -0.05) is 6.92 Å². The summed E-state index contributed by atoms with van der Waals surface area (Å²) in [5.41, 5.74) is 2.40. The molecule has 0 amide bonds. The van der Waals surface area contributed by atoms with Crippen LogP contribution in [0.2, 0.25) is 0 Å². The van der Waals surface area contributed by atoms with Crippen molar-refractivity contribution in [2.24, 2.45) is 0 Å². The molecule has 1 aromatic rings. The van der Waals surface area contributed by atoms with Gasteiger partial charge in [-0.3, -0.25) is 4.98 Å². The molecule has 0 saturated heterocycles. The van der Waals surface area contributed by atoms with Gasteiger partial charge in [-0.2, -0.15) is 0 Å². The van der Waals surface area contributed by atoms with Gasteiger partial charge in [0.05, 0.1) is 0 Å². The Bertz CT molecular complexity index is 258. The molecule has 1 atom stereocenters. The highest BCUT2D eigenvalue weighted by Crippen LogP contribution is 2.01. The van der Waals surface area contributed by atoms with Gasteiger partial charge in [0, 0.05) is 24.5 Å². The molecule has 0 aliphatic rings. The molecule has 0 radical (unpaired) electrons. The Kier molecular flexibility index (Phi) is 3.90. The van der Waals surface area contributed by atoms with E-state index in [1.165, 1.54) is 12.0 Å². The van der Waals surface area contributed by atoms with Gasteiger partial charge in [0.2, 0.25) is 0 Å². The van der Waals surface area contributed by atoms with Crippen LogP contribution in [0.5, 0.6) is 0 Å². The zero-order chi connectivity index (χ0) is 9.68. The van der Waals surface area contributed by atoms with Crippen LogP contribution in [0.1, 0.15) is 31.5 Å². The number of nitrogens with one attached hydrogen (secondary N) is 1. The molecule has 1 unspecified atom stereocenters. The van der Waals surface area contributed by atoms with Crippen molar-refractivity contribution in [3.8, 4) is 0 Å². The Morgan fingerprint density at radius 1 is 1.54 bits per heavy atom. The second-order valence-electron chi connectivity index (χ2n) is 3.50. The number of pyridine rings is 1. The van der Waals surface area contributed by atoms with Crippen molar-refractivity contribution >= 4 is 0 Å². The molecule has 1 rings (SSSR count). The molecular formula is C11H18N2. The molecular weight excluding hydrogens is 160 g/mol. The molecule has 0 aliphatic carbocycles. The molecule has 1 N–H and O–H groups in total. The summed E-state index contributed by atoms with van der Waals surface area (Å²) in [6.45, 7) is 7.36. The summed E-state index contributed by atoms with van der Waals surface area (Å²) < 4.78 is 0. The smallest absolute Gasteiger partial charge is 0.0375 e. The molecule has 0 fully saturated rings. The third-order valence-corrected chi connectivity index (χ3v) is 2.23. The minimum Gasteiger partial charge on any atom is -0.310 e. The van der Waals surface area contributed by atoms with Gasteiger partial charge in [0.15, 0.2) is 0 Å². The summed E-state index contributed by atoms with van der Waals surface area (Å²) in [5.74, 6) is 0.